The molecule has 0 fully saturated rings. The number of methoxy groups -OCH3 is 1. The Bertz CT molecular complexity index is 462. The van der Waals surface area contributed by atoms with E-state index in [9.17, 15) is 4.79 Å². The summed E-state index contributed by atoms with van der Waals surface area (Å²) in [6.07, 6.45) is 0. The first-order valence-corrected chi connectivity index (χ1v) is 6.48. The van der Waals surface area contributed by atoms with Crippen molar-refractivity contribution < 1.29 is 9.53 Å². The van der Waals surface area contributed by atoms with E-state index in [2.05, 4.69) is 26.1 Å². The third-order valence-electron chi connectivity index (χ3n) is 2.98. The number of benzene rings is 1. The van der Waals surface area contributed by atoms with Crippen molar-refractivity contribution in [2.45, 2.75) is 33.1 Å². The number of nitrogens with two attached hydrogens (primary N) is 1. The van der Waals surface area contributed by atoms with Gasteiger partial charge >= 0.3 is 0 Å². The molecular formula is C15H24N2O2. The van der Waals surface area contributed by atoms with Gasteiger partial charge in [0.2, 0.25) is 0 Å². The summed E-state index contributed by atoms with van der Waals surface area (Å²) in [5.41, 5.74) is 7.96. The number of hydrogen-bond donors (Lipinski definition) is 2. The van der Waals surface area contributed by atoms with Crippen LogP contribution in [0.4, 0.5) is 0 Å². The molecule has 1 amide bonds. The highest BCUT2D eigenvalue weighted by Crippen LogP contribution is 2.34. The third-order valence-corrected chi connectivity index (χ3v) is 2.98. The molecular weight excluding hydrogens is 240 g/mol. The second-order valence-corrected chi connectivity index (χ2v) is 5.67. The molecule has 1 aromatic carbocycles. The van der Waals surface area contributed by atoms with Crippen LogP contribution in [0, 0.1) is 6.92 Å². The van der Waals surface area contributed by atoms with Crippen LogP contribution in [-0.2, 0) is 5.41 Å². The molecule has 0 heterocycles. The molecule has 0 aliphatic carbocycles. The van der Waals surface area contributed by atoms with E-state index in [0.29, 0.717) is 18.7 Å². The molecule has 0 unspecified atom stereocenters. The quantitative estimate of drug-likeness (QED) is 0.874. The van der Waals surface area contributed by atoms with Gasteiger partial charge in [-0.05, 0) is 30.0 Å². The van der Waals surface area contributed by atoms with E-state index in [0.717, 1.165) is 16.9 Å². The Morgan fingerprint density at radius 2 is 2.00 bits per heavy atom. The van der Waals surface area contributed by atoms with E-state index in [1.165, 1.54) is 0 Å². The Morgan fingerprint density at radius 3 is 2.47 bits per heavy atom. The molecule has 0 saturated carbocycles. The van der Waals surface area contributed by atoms with Gasteiger partial charge < -0.3 is 15.8 Å². The third kappa shape index (κ3) is 3.70. The number of ether oxygens (including phenoxy) is 1. The predicted molar refractivity (Wildman–Crippen MR) is 77.8 cm³/mol. The number of carbonyl (C=O) groups excluding carboxylic acids is 1. The molecule has 4 nitrogen and oxygen atoms in total. The van der Waals surface area contributed by atoms with Crippen LogP contribution in [0.25, 0.3) is 0 Å². The molecule has 1 aromatic rings. The van der Waals surface area contributed by atoms with Crippen molar-refractivity contribution >= 4 is 5.91 Å². The zero-order valence-corrected chi connectivity index (χ0v) is 12.5. The zero-order chi connectivity index (χ0) is 14.6. The van der Waals surface area contributed by atoms with E-state index in [1.807, 2.05) is 19.1 Å². The molecule has 0 bridgehead atoms. The number of amides is 1. The minimum Gasteiger partial charge on any atom is -0.496 e. The molecule has 1 rings (SSSR count). The predicted octanol–water partition coefficient (Wildman–Crippen LogP) is 1.99. The Balaban J connectivity index is 3.24. The molecule has 4 heteroatoms. The van der Waals surface area contributed by atoms with Gasteiger partial charge in [-0.15, -0.1) is 0 Å². The lowest BCUT2D eigenvalue weighted by molar-refractivity contribution is 0.0954. The smallest absolute Gasteiger partial charge is 0.251 e. The monoisotopic (exact) mass is 264 g/mol. The molecule has 19 heavy (non-hydrogen) atoms. The van der Waals surface area contributed by atoms with Gasteiger partial charge in [-0.2, -0.15) is 0 Å². The first-order chi connectivity index (χ1) is 8.81. The van der Waals surface area contributed by atoms with Crippen LogP contribution < -0.4 is 15.8 Å². The fourth-order valence-corrected chi connectivity index (χ4v) is 2.02. The Morgan fingerprint density at radius 1 is 1.37 bits per heavy atom. The largest absolute Gasteiger partial charge is 0.496 e. The van der Waals surface area contributed by atoms with Gasteiger partial charge in [0, 0.05) is 24.2 Å². The van der Waals surface area contributed by atoms with Gasteiger partial charge in [0.15, 0.2) is 0 Å². The van der Waals surface area contributed by atoms with Crippen LogP contribution in [-0.4, -0.2) is 26.1 Å². The van der Waals surface area contributed by atoms with E-state index >= 15 is 0 Å². The van der Waals surface area contributed by atoms with Gasteiger partial charge in [0.25, 0.3) is 5.91 Å². The van der Waals surface area contributed by atoms with Crippen molar-refractivity contribution in [2.75, 3.05) is 20.2 Å². The van der Waals surface area contributed by atoms with Crippen LogP contribution in [0.5, 0.6) is 5.75 Å². The first-order valence-electron chi connectivity index (χ1n) is 6.48. The van der Waals surface area contributed by atoms with Crippen LogP contribution in [0.2, 0.25) is 0 Å². The molecule has 0 atom stereocenters. The van der Waals surface area contributed by atoms with Crippen LogP contribution >= 0.6 is 0 Å². The van der Waals surface area contributed by atoms with E-state index in [4.69, 9.17) is 10.5 Å². The van der Waals surface area contributed by atoms with Crippen molar-refractivity contribution in [3.05, 3.63) is 28.8 Å². The standard InChI is InChI=1S/C15H24N2O2/c1-10-8-11(14(18)17-7-6-16)9-12(13(10)19-5)15(2,3)4/h8-9H,6-7,16H2,1-5H3,(H,17,18). The van der Waals surface area contributed by atoms with E-state index in [-0.39, 0.29) is 11.3 Å². The molecule has 0 aliphatic heterocycles. The second kappa shape index (κ2) is 6.06. The van der Waals surface area contributed by atoms with Gasteiger partial charge in [-0.1, -0.05) is 20.8 Å². The molecule has 3 N–H and O–H groups in total. The van der Waals surface area contributed by atoms with Gasteiger partial charge in [0.05, 0.1) is 7.11 Å². The van der Waals surface area contributed by atoms with E-state index in [1.54, 1.807) is 7.11 Å². The highest BCUT2D eigenvalue weighted by atomic mass is 16.5. The number of carbonyl (C=O) groups is 1. The zero-order valence-electron chi connectivity index (χ0n) is 12.5. The second-order valence-electron chi connectivity index (χ2n) is 5.67. The Kier molecular flexibility index (Phi) is 4.95. The van der Waals surface area contributed by atoms with Gasteiger partial charge in [0.1, 0.15) is 5.75 Å². The topological polar surface area (TPSA) is 64.3 Å². The lowest BCUT2D eigenvalue weighted by Gasteiger charge is -2.24. The van der Waals surface area contributed by atoms with Crippen LogP contribution in [0.3, 0.4) is 0 Å². The summed E-state index contributed by atoms with van der Waals surface area (Å²) in [6, 6.07) is 3.75. The van der Waals surface area contributed by atoms with Crippen molar-refractivity contribution in [1.29, 1.82) is 0 Å². The van der Waals surface area contributed by atoms with Crippen molar-refractivity contribution in [3.8, 4) is 5.75 Å². The summed E-state index contributed by atoms with van der Waals surface area (Å²) in [6.45, 7) is 9.18. The number of hydrogen-bond acceptors (Lipinski definition) is 3. The van der Waals surface area contributed by atoms with Crippen molar-refractivity contribution in [1.82, 2.24) is 5.32 Å². The van der Waals surface area contributed by atoms with Gasteiger partial charge in [-0.3, -0.25) is 4.79 Å². The maximum Gasteiger partial charge on any atom is 0.251 e. The minimum absolute atomic E-state index is 0.0831. The average Bonchev–Trinajstić information content (AvgIpc) is 2.33. The summed E-state index contributed by atoms with van der Waals surface area (Å²) in [7, 11) is 1.66. The molecule has 0 radical (unpaired) electrons. The summed E-state index contributed by atoms with van der Waals surface area (Å²) in [5.74, 6) is 0.754. The Labute approximate surface area is 115 Å². The average molecular weight is 264 g/mol. The van der Waals surface area contributed by atoms with Crippen LogP contribution in [0.1, 0.15) is 42.3 Å². The summed E-state index contributed by atoms with van der Waals surface area (Å²) < 4.78 is 5.47. The highest BCUT2D eigenvalue weighted by molar-refractivity contribution is 5.95. The molecule has 0 aromatic heterocycles. The fraction of sp³-hybridized carbons (Fsp3) is 0.533. The summed E-state index contributed by atoms with van der Waals surface area (Å²) in [5, 5.41) is 2.79. The number of aryl methyl sites for hydroxylation is 1. The molecule has 0 saturated heterocycles. The van der Waals surface area contributed by atoms with Crippen LogP contribution in [0.15, 0.2) is 12.1 Å². The maximum absolute atomic E-state index is 12.0. The molecule has 106 valence electrons. The minimum atomic E-state index is -0.0956. The Hall–Kier alpha value is -1.55. The molecule has 0 spiro atoms. The van der Waals surface area contributed by atoms with Crippen molar-refractivity contribution in [3.63, 3.8) is 0 Å². The lowest BCUT2D eigenvalue weighted by Crippen LogP contribution is -2.29. The lowest BCUT2D eigenvalue weighted by atomic mass is 9.84. The van der Waals surface area contributed by atoms with Crippen molar-refractivity contribution in [2.24, 2.45) is 5.73 Å². The normalized spacial score (nSPS) is 11.3. The highest BCUT2D eigenvalue weighted by Gasteiger charge is 2.22. The fourth-order valence-electron chi connectivity index (χ4n) is 2.02. The maximum atomic E-state index is 12.0. The number of rotatable bonds is 4. The van der Waals surface area contributed by atoms with E-state index < -0.39 is 0 Å². The summed E-state index contributed by atoms with van der Waals surface area (Å²) >= 11 is 0. The summed E-state index contributed by atoms with van der Waals surface area (Å²) in [4.78, 5) is 12.0. The van der Waals surface area contributed by atoms with Gasteiger partial charge in [-0.25, -0.2) is 0 Å². The molecule has 0 aliphatic rings. The first kappa shape index (κ1) is 15.5. The SMILES string of the molecule is COc1c(C)cc(C(=O)NCCN)cc1C(C)(C)C. The number of nitrogens with one attached hydrogen (secondary N) is 1.